The Kier molecular flexibility index (Phi) is 3.51. The van der Waals surface area contributed by atoms with Crippen LogP contribution >= 0.6 is 10.7 Å². The van der Waals surface area contributed by atoms with Gasteiger partial charge in [-0.1, -0.05) is 6.07 Å². The normalized spacial score (nSPS) is 11.5. The predicted octanol–water partition coefficient (Wildman–Crippen LogP) is 2.73. The molecule has 3 nitrogen and oxygen atoms in total. The predicted molar refractivity (Wildman–Crippen MR) is 53.9 cm³/mol. The quantitative estimate of drug-likeness (QED) is 0.773. The van der Waals surface area contributed by atoms with Crippen LogP contribution in [0.25, 0.3) is 0 Å². The van der Waals surface area contributed by atoms with Crippen LogP contribution in [0.2, 0.25) is 0 Å². The Labute approximate surface area is 95.7 Å². The van der Waals surface area contributed by atoms with Crippen LogP contribution in [0, 0.1) is 18.3 Å². The monoisotopic (exact) mass is 265 g/mol. The maximum absolute atomic E-state index is 12.5. The van der Waals surface area contributed by atoms with Crippen molar-refractivity contribution in [3.63, 3.8) is 0 Å². The second-order valence-corrected chi connectivity index (χ2v) is 5.54. The van der Waals surface area contributed by atoms with Crippen molar-refractivity contribution >= 4 is 19.7 Å². The summed E-state index contributed by atoms with van der Waals surface area (Å²) in [4.78, 5) is -0.324. The molecule has 0 bridgehead atoms. The highest BCUT2D eigenvalue weighted by Crippen LogP contribution is 2.30. The number of rotatable bonds is 2. The third-order valence-corrected chi connectivity index (χ3v) is 3.52. The van der Waals surface area contributed by atoms with Gasteiger partial charge in [0.15, 0.2) is 0 Å². The molecule has 0 heterocycles. The average Bonchev–Trinajstić information content (AvgIpc) is 2.14. The minimum Gasteiger partial charge on any atom is -0.207 e. The molecule has 1 rings (SSSR count). The minimum absolute atomic E-state index is 0.0599. The molecule has 0 fully saturated rings. The van der Waals surface area contributed by atoms with E-state index in [-0.39, 0.29) is 16.0 Å². The van der Waals surface area contributed by atoms with Crippen LogP contribution < -0.4 is 0 Å². The van der Waals surface area contributed by atoms with E-state index in [1.807, 2.05) is 0 Å². The van der Waals surface area contributed by atoms with Crippen molar-refractivity contribution < 1.29 is 17.2 Å². The Morgan fingerprint density at radius 2 is 2.00 bits per heavy atom. The number of benzene rings is 1. The number of halogens is 3. The Morgan fingerprint density at radius 1 is 1.44 bits per heavy atom. The molecule has 0 aliphatic rings. The molecule has 1 aromatic carbocycles. The molecule has 0 atom stereocenters. The zero-order chi connectivity index (χ0) is 12.5. The van der Waals surface area contributed by atoms with Gasteiger partial charge in [0.1, 0.15) is 0 Å². The second kappa shape index (κ2) is 4.36. The number of hydrogen-bond donors (Lipinski definition) is 0. The van der Waals surface area contributed by atoms with Gasteiger partial charge >= 0.3 is 0 Å². The van der Waals surface area contributed by atoms with Gasteiger partial charge in [0.2, 0.25) is 0 Å². The SMILES string of the molecule is Cc1c(S(=O)(=O)Cl)ccc(C(F)F)c1C#N. The first-order valence-electron chi connectivity index (χ1n) is 4.05. The minimum atomic E-state index is -4.03. The Bertz CT molecular complexity index is 564. The van der Waals surface area contributed by atoms with Gasteiger partial charge in [-0.3, -0.25) is 0 Å². The third-order valence-electron chi connectivity index (χ3n) is 2.06. The van der Waals surface area contributed by atoms with Gasteiger partial charge in [0.25, 0.3) is 15.5 Å². The lowest BCUT2D eigenvalue weighted by atomic mass is 10.0. The first-order valence-corrected chi connectivity index (χ1v) is 6.36. The fourth-order valence-corrected chi connectivity index (χ4v) is 2.51. The summed E-state index contributed by atoms with van der Waals surface area (Å²) < 4.78 is 47.1. The van der Waals surface area contributed by atoms with Crippen LogP contribution in [-0.4, -0.2) is 8.42 Å². The molecule has 7 heteroatoms. The van der Waals surface area contributed by atoms with Crippen molar-refractivity contribution in [2.45, 2.75) is 18.2 Å². The van der Waals surface area contributed by atoms with E-state index in [9.17, 15) is 17.2 Å². The van der Waals surface area contributed by atoms with E-state index >= 15 is 0 Å². The van der Waals surface area contributed by atoms with Gasteiger partial charge in [-0.25, -0.2) is 17.2 Å². The molecule has 86 valence electrons. The molecule has 0 aliphatic carbocycles. The summed E-state index contributed by atoms with van der Waals surface area (Å²) in [6, 6.07) is 3.42. The molecule has 0 unspecified atom stereocenters. The number of alkyl halides is 2. The van der Waals surface area contributed by atoms with Crippen molar-refractivity contribution in [1.82, 2.24) is 0 Å². The molecule has 0 N–H and O–H groups in total. The fourth-order valence-electron chi connectivity index (χ4n) is 1.31. The van der Waals surface area contributed by atoms with Crippen LogP contribution in [0.3, 0.4) is 0 Å². The lowest BCUT2D eigenvalue weighted by molar-refractivity contribution is 0.151. The van der Waals surface area contributed by atoms with Gasteiger partial charge in [-0.15, -0.1) is 0 Å². The summed E-state index contributed by atoms with van der Waals surface area (Å²) in [6.45, 7) is 1.26. The van der Waals surface area contributed by atoms with Crippen LogP contribution in [0.15, 0.2) is 17.0 Å². The number of nitriles is 1. The Balaban J connectivity index is 3.61. The van der Waals surface area contributed by atoms with E-state index in [1.165, 1.54) is 6.92 Å². The standard InChI is InChI=1S/C9H6ClF2NO2S/c1-5-7(4-13)6(9(11)12)2-3-8(5)16(10,14)15/h2-3,9H,1H3. The molecule has 0 spiro atoms. The maximum Gasteiger partial charge on any atom is 0.265 e. The van der Waals surface area contributed by atoms with Crippen molar-refractivity contribution in [3.8, 4) is 6.07 Å². The first-order chi connectivity index (χ1) is 7.29. The second-order valence-electron chi connectivity index (χ2n) is 3.00. The van der Waals surface area contributed by atoms with E-state index in [2.05, 4.69) is 0 Å². The molecular formula is C9H6ClF2NO2S. The zero-order valence-corrected chi connectivity index (χ0v) is 9.61. The summed E-state index contributed by atoms with van der Waals surface area (Å²) in [5, 5.41) is 8.72. The van der Waals surface area contributed by atoms with Gasteiger partial charge in [-0.2, -0.15) is 5.26 Å². The zero-order valence-electron chi connectivity index (χ0n) is 8.04. The van der Waals surface area contributed by atoms with Crippen LogP contribution in [-0.2, 0) is 9.05 Å². The number of nitrogens with zero attached hydrogens (tertiary/aromatic N) is 1. The molecule has 0 radical (unpaired) electrons. The van der Waals surface area contributed by atoms with E-state index in [0.29, 0.717) is 0 Å². The lowest BCUT2D eigenvalue weighted by Crippen LogP contribution is -2.01. The summed E-state index contributed by atoms with van der Waals surface area (Å²) in [6.07, 6.45) is -2.83. The summed E-state index contributed by atoms with van der Waals surface area (Å²) in [7, 11) is 1.07. The van der Waals surface area contributed by atoms with E-state index in [1.54, 1.807) is 6.07 Å². The highest BCUT2D eigenvalue weighted by atomic mass is 35.7. The van der Waals surface area contributed by atoms with Crippen LogP contribution in [0.4, 0.5) is 8.78 Å². The van der Waals surface area contributed by atoms with Gasteiger partial charge in [-0.05, 0) is 18.6 Å². The summed E-state index contributed by atoms with van der Waals surface area (Å²) >= 11 is 0. The molecule has 0 aromatic heterocycles. The molecule has 1 aromatic rings. The van der Waals surface area contributed by atoms with Gasteiger partial charge in [0, 0.05) is 16.2 Å². The smallest absolute Gasteiger partial charge is 0.207 e. The Morgan fingerprint density at radius 3 is 2.38 bits per heavy atom. The van der Waals surface area contributed by atoms with Crippen molar-refractivity contribution in [2.24, 2.45) is 0 Å². The maximum atomic E-state index is 12.5. The van der Waals surface area contributed by atoms with Crippen molar-refractivity contribution in [3.05, 3.63) is 28.8 Å². The number of hydrogen-bond acceptors (Lipinski definition) is 3. The van der Waals surface area contributed by atoms with Crippen LogP contribution in [0.5, 0.6) is 0 Å². The van der Waals surface area contributed by atoms with E-state index in [4.69, 9.17) is 15.9 Å². The van der Waals surface area contributed by atoms with Gasteiger partial charge in [0.05, 0.1) is 16.5 Å². The molecule has 0 saturated carbocycles. The topological polar surface area (TPSA) is 57.9 Å². The van der Waals surface area contributed by atoms with Gasteiger partial charge < -0.3 is 0 Å². The van der Waals surface area contributed by atoms with E-state index < -0.39 is 21.0 Å². The fraction of sp³-hybridized carbons (Fsp3) is 0.222. The average molecular weight is 266 g/mol. The third kappa shape index (κ3) is 2.31. The highest BCUT2D eigenvalue weighted by molar-refractivity contribution is 8.13. The summed E-state index contributed by atoms with van der Waals surface area (Å²) in [5.41, 5.74) is -0.906. The molecule has 0 amide bonds. The lowest BCUT2D eigenvalue weighted by Gasteiger charge is -2.08. The molecule has 16 heavy (non-hydrogen) atoms. The summed E-state index contributed by atoms with van der Waals surface area (Å²) in [5.74, 6) is 0. The largest absolute Gasteiger partial charge is 0.265 e. The first kappa shape index (κ1) is 12.9. The molecule has 0 saturated heterocycles. The Hall–Kier alpha value is -1.19. The molecule has 0 aliphatic heterocycles. The van der Waals surface area contributed by atoms with Crippen LogP contribution in [0.1, 0.15) is 23.1 Å². The van der Waals surface area contributed by atoms with Crippen molar-refractivity contribution in [1.29, 1.82) is 5.26 Å². The molecular weight excluding hydrogens is 260 g/mol. The highest BCUT2D eigenvalue weighted by Gasteiger charge is 2.21. The van der Waals surface area contributed by atoms with E-state index in [0.717, 1.165) is 12.1 Å². The van der Waals surface area contributed by atoms with Crippen molar-refractivity contribution in [2.75, 3.05) is 0 Å².